The quantitative estimate of drug-likeness (QED) is 0.883. The van der Waals surface area contributed by atoms with Gasteiger partial charge in [-0.3, -0.25) is 0 Å². The molecule has 18 heavy (non-hydrogen) atoms. The summed E-state index contributed by atoms with van der Waals surface area (Å²) in [6.07, 6.45) is 0. The summed E-state index contributed by atoms with van der Waals surface area (Å²) >= 11 is 1.83. The van der Waals surface area contributed by atoms with Crippen molar-refractivity contribution in [2.24, 2.45) is 0 Å². The van der Waals surface area contributed by atoms with Gasteiger partial charge in [0.15, 0.2) is 0 Å². The molecule has 0 saturated heterocycles. The lowest BCUT2D eigenvalue weighted by molar-refractivity contribution is 0.882. The molecule has 1 N–H and O–H groups in total. The summed E-state index contributed by atoms with van der Waals surface area (Å²) < 4.78 is 0. The van der Waals surface area contributed by atoms with Crippen LogP contribution in [0.3, 0.4) is 0 Å². The van der Waals surface area contributed by atoms with E-state index in [9.17, 15) is 0 Å². The minimum Gasteiger partial charge on any atom is -0.378 e. The maximum absolute atomic E-state index is 8.76. The van der Waals surface area contributed by atoms with Crippen LogP contribution < -0.4 is 5.32 Å². The summed E-state index contributed by atoms with van der Waals surface area (Å²) in [5, 5.41) is 12.2. The number of nitriles is 1. The zero-order valence-electron chi connectivity index (χ0n) is 10.8. The zero-order chi connectivity index (χ0) is 13.1. The second-order valence-electron chi connectivity index (χ2n) is 4.42. The molecule has 1 aromatic carbocycles. The largest absolute Gasteiger partial charge is 0.378 e. The highest BCUT2D eigenvalue weighted by Gasteiger charge is 2.10. The second-order valence-corrected chi connectivity index (χ2v) is 5.88. The van der Waals surface area contributed by atoms with E-state index >= 15 is 0 Å². The van der Waals surface area contributed by atoms with Crippen molar-refractivity contribution in [3.8, 4) is 6.07 Å². The smallest absolute Gasteiger partial charge is 0.0991 e. The van der Waals surface area contributed by atoms with Crippen LogP contribution in [0.1, 0.15) is 33.8 Å². The number of hydrogen-bond donors (Lipinski definition) is 1. The van der Waals surface area contributed by atoms with Crippen molar-refractivity contribution >= 4 is 17.0 Å². The molecule has 1 aromatic heterocycles. The first-order chi connectivity index (χ1) is 8.60. The fourth-order valence-electron chi connectivity index (χ4n) is 2.05. The summed E-state index contributed by atoms with van der Waals surface area (Å²) in [6, 6.07) is 12.2. The highest BCUT2D eigenvalue weighted by Crippen LogP contribution is 2.28. The van der Waals surface area contributed by atoms with Crippen molar-refractivity contribution in [2.45, 2.75) is 26.8 Å². The van der Waals surface area contributed by atoms with Crippen LogP contribution in [0.15, 0.2) is 30.3 Å². The lowest BCUT2D eigenvalue weighted by atomic mass is 10.1. The highest BCUT2D eigenvalue weighted by atomic mass is 32.1. The van der Waals surface area contributed by atoms with E-state index < -0.39 is 0 Å². The molecular formula is C15H16N2S. The number of thiophene rings is 1. The zero-order valence-corrected chi connectivity index (χ0v) is 11.6. The Morgan fingerprint density at radius 2 is 1.89 bits per heavy atom. The topological polar surface area (TPSA) is 35.8 Å². The van der Waals surface area contributed by atoms with Gasteiger partial charge in [-0.25, -0.2) is 0 Å². The van der Waals surface area contributed by atoms with Crippen LogP contribution in [0.4, 0.5) is 5.69 Å². The van der Waals surface area contributed by atoms with Crippen LogP contribution in [-0.2, 0) is 0 Å². The number of rotatable bonds is 3. The van der Waals surface area contributed by atoms with Gasteiger partial charge in [0.05, 0.1) is 11.6 Å². The molecule has 0 amide bonds. The molecule has 0 aliphatic heterocycles. The maximum atomic E-state index is 8.76. The van der Waals surface area contributed by atoms with Gasteiger partial charge < -0.3 is 5.32 Å². The van der Waals surface area contributed by atoms with E-state index in [0.29, 0.717) is 5.56 Å². The fraction of sp³-hybridized carbons (Fsp3) is 0.267. The van der Waals surface area contributed by atoms with Crippen molar-refractivity contribution in [2.75, 3.05) is 5.32 Å². The minimum absolute atomic E-state index is 0.280. The fourth-order valence-corrected chi connectivity index (χ4v) is 3.07. The maximum Gasteiger partial charge on any atom is 0.0991 e. The van der Waals surface area contributed by atoms with E-state index in [-0.39, 0.29) is 6.04 Å². The molecule has 0 radical (unpaired) electrons. The highest BCUT2D eigenvalue weighted by molar-refractivity contribution is 7.12. The number of benzene rings is 1. The Morgan fingerprint density at radius 3 is 2.39 bits per heavy atom. The molecule has 2 rings (SSSR count). The molecule has 1 atom stereocenters. The number of nitrogens with one attached hydrogen (secondary N) is 1. The number of nitrogens with zero attached hydrogens (tertiary/aromatic N) is 1. The molecule has 92 valence electrons. The van der Waals surface area contributed by atoms with Crippen LogP contribution in [-0.4, -0.2) is 0 Å². The van der Waals surface area contributed by atoms with Gasteiger partial charge in [0.2, 0.25) is 0 Å². The van der Waals surface area contributed by atoms with Gasteiger partial charge in [-0.2, -0.15) is 5.26 Å². The Balaban J connectivity index is 2.13. The Bertz CT molecular complexity index is 576. The Labute approximate surface area is 112 Å². The Hall–Kier alpha value is -1.79. The molecule has 2 nitrogen and oxygen atoms in total. The van der Waals surface area contributed by atoms with Crippen LogP contribution in [0.2, 0.25) is 0 Å². The molecule has 0 fully saturated rings. The van der Waals surface area contributed by atoms with Gasteiger partial charge in [-0.1, -0.05) is 0 Å². The monoisotopic (exact) mass is 256 g/mol. The third-order valence-corrected chi connectivity index (χ3v) is 3.92. The molecule has 0 aliphatic rings. The number of anilines is 1. The third kappa shape index (κ3) is 2.72. The van der Waals surface area contributed by atoms with Gasteiger partial charge in [0.25, 0.3) is 0 Å². The average Bonchev–Trinajstić information content (AvgIpc) is 2.69. The normalized spacial score (nSPS) is 11.9. The molecule has 0 aliphatic carbocycles. The molecule has 0 spiro atoms. The summed E-state index contributed by atoms with van der Waals surface area (Å²) in [7, 11) is 0. The first kappa shape index (κ1) is 12.7. The van der Waals surface area contributed by atoms with Gasteiger partial charge in [-0.15, -0.1) is 11.3 Å². The molecule has 1 heterocycles. The molecule has 3 heteroatoms. The second kappa shape index (κ2) is 5.24. The molecule has 0 saturated carbocycles. The third-order valence-electron chi connectivity index (χ3n) is 2.94. The van der Waals surface area contributed by atoms with E-state index in [1.165, 1.54) is 15.3 Å². The van der Waals surface area contributed by atoms with Crippen LogP contribution in [0.25, 0.3) is 0 Å². The van der Waals surface area contributed by atoms with E-state index in [1.807, 2.05) is 35.6 Å². The molecular weight excluding hydrogens is 240 g/mol. The summed E-state index contributed by atoms with van der Waals surface area (Å²) in [5.74, 6) is 0. The van der Waals surface area contributed by atoms with Crippen LogP contribution >= 0.6 is 11.3 Å². The first-order valence-corrected chi connectivity index (χ1v) is 6.75. The molecule has 0 bridgehead atoms. The van der Waals surface area contributed by atoms with Crippen LogP contribution in [0, 0.1) is 25.2 Å². The predicted octanol–water partition coefficient (Wildman–Crippen LogP) is 4.41. The van der Waals surface area contributed by atoms with E-state index in [4.69, 9.17) is 5.26 Å². The first-order valence-electron chi connectivity index (χ1n) is 5.94. The standard InChI is InChI=1S/C15H16N2S/c1-10-8-15(12(3)18-10)11(2)17-14-6-4-13(9-16)5-7-14/h4-8,11,17H,1-3H3. The summed E-state index contributed by atoms with van der Waals surface area (Å²) in [5.41, 5.74) is 3.09. The van der Waals surface area contributed by atoms with Crippen molar-refractivity contribution < 1.29 is 0 Å². The van der Waals surface area contributed by atoms with Crippen molar-refractivity contribution in [3.05, 3.63) is 51.2 Å². The predicted molar refractivity (Wildman–Crippen MR) is 77.0 cm³/mol. The number of hydrogen-bond acceptors (Lipinski definition) is 3. The Kier molecular flexibility index (Phi) is 3.69. The minimum atomic E-state index is 0.280. The lowest BCUT2D eigenvalue weighted by Gasteiger charge is -2.15. The van der Waals surface area contributed by atoms with Gasteiger partial charge >= 0.3 is 0 Å². The van der Waals surface area contributed by atoms with Crippen molar-refractivity contribution in [1.29, 1.82) is 5.26 Å². The lowest BCUT2D eigenvalue weighted by Crippen LogP contribution is -2.06. The van der Waals surface area contributed by atoms with Crippen LogP contribution in [0.5, 0.6) is 0 Å². The average molecular weight is 256 g/mol. The summed E-state index contributed by atoms with van der Waals surface area (Å²) in [6.45, 7) is 6.45. The SMILES string of the molecule is Cc1cc(C(C)Nc2ccc(C#N)cc2)c(C)s1. The van der Waals surface area contributed by atoms with E-state index in [0.717, 1.165) is 5.69 Å². The summed E-state index contributed by atoms with van der Waals surface area (Å²) in [4.78, 5) is 2.71. The van der Waals surface area contributed by atoms with Crippen molar-refractivity contribution in [1.82, 2.24) is 0 Å². The molecule has 2 aromatic rings. The van der Waals surface area contributed by atoms with E-state index in [2.05, 4.69) is 38.2 Å². The van der Waals surface area contributed by atoms with E-state index in [1.54, 1.807) is 0 Å². The number of aryl methyl sites for hydroxylation is 2. The van der Waals surface area contributed by atoms with Gasteiger partial charge in [0, 0.05) is 21.5 Å². The molecule has 1 unspecified atom stereocenters. The van der Waals surface area contributed by atoms with Gasteiger partial charge in [-0.05, 0) is 56.7 Å². The van der Waals surface area contributed by atoms with Gasteiger partial charge in [0.1, 0.15) is 0 Å². The Morgan fingerprint density at radius 1 is 1.22 bits per heavy atom. The van der Waals surface area contributed by atoms with Crippen molar-refractivity contribution in [3.63, 3.8) is 0 Å².